The smallest absolute Gasteiger partial charge is 0.230 e. The van der Waals surface area contributed by atoms with E-state index in [9.17, 15) is 4.55 Å². The molecule has 21 heavy (non-hydrogen) atoms. The maximum atomic E-state index is 9.94. The molecule has 2 aliphatic rings. The van der Waals surface area contributed by atoms with Gasteiger partial charge >= 0.3 is 0 Å². The second-order valence-corrected chi connectivity index (χ2v) is 7.52. The topological polar surface area (TPSA) is 36.4 Å². The lowest BCUT2D eigenvalue weighted by atomic mass is 9.91. The number of benzene rings is 1. The Kier molecular flexibility index (Phi) is 3.32. The summed E-state index contributed by atoms with van der Waals surface area (Å²) >= 11 is 5.61. The number of aromatic nitrogens is 1. The highest BCUT2D eigenvalue weighted by Gasteiger charge is 2.38. The van der Waals surface area contributed by atoms with E-state index in [0.29, 0.717) is 10.9 Å². The van der Waals surface area contributed by atoms with Gasteiger partial charge < -0.3 is 4.90 Å². The minimum Gasteiger partial charge on any atom is -0.355 e. The summed E-state index contributed by atoms with van der Waals surface area (Å²) in [5.41, 5.74) is 2.37. The molecule has 0 saturated carbocycles. The maximum Gasteiger partial charge on any atom is 0.230 e. The average molecular weight is 320 g/mol. The van der Waals surface area contributed by atoms with Crippen molar-refractivity contribution in [1.29, 1.82) is 0 Å². The molecular formula is C16H16ClN2OS+. The summed E-state index contributed by atoms with van der Waals surface area (Å²) in [4.78, 5) is 7.83. The molecule has 108 valence electrons. The molecule has 3 heterocycles. The van der Waals surface area contributed by atoms with Gasteiger partial charge in [0.1, 0.15) is 16.5 Å². The highest BCUT2D eigenvalue weighted by molar-refractivity contribution is 7.92. The lowest BCUT2D eigenvalue weighted by Gasteiger charge is -2.40. The van der Waals surface area contributed by atoms with Crippen molar-refractivity contribution in [2.45, 2.75) is 17.2 Å². The molecule has 0 aliphatic carbocycles. The lowest BCUT2D eigenvalue weighted by molar-refractivity contribution is 0.519. The third kappa shape index (κ3) is 2.31. The molecule has 1 saturated heterocycles. The Bertz CT molecular complexity index is 673. The second kappa shape index (κ2) is 5.20. The predicted octanol–water partition coefficient (Wildman–Crippen LogP) is 3.35. The lowest BCUT2D eigenvalue weighted by Crippen LogP contribution is -2.45. The van der Waals surface area contributed by atoms with Crippen LogP contribution in [0.25, 0.3) is 0 Å². The number of pyridine rings is 1. The van der Waals surface area contributed by atoms with E-state index < -0.39 is 11.2 Å². The van der Waals surface area contributed by atoms with Crippen molar-refractivity contribution < 1.29 is 4.55 Å². The Hall–Kier alpha value is -1.23. The Labute approximate surface area is 132 Å². The fourth-order valence-corrected chi connectivity index (χ4v) is 4.78. The van der Waals surface area contributed by atoms with E-state index in [4.69, 9.17) is 16.6 Å². The van der Waals surface area contributed by atoms with Gasteiger partial charge in [-0.3, -0.25) is 0 Å². The van der Waals surface area contributed by atoms with Crippen LogP contribution < -0.4 is 4.90 Å². The van der Waals surface area contributed by atoms with Crippen molar-refractivity contribution in [3.63, 3.8) is 0 Å². The summed E-state index contributed by atoms with van der Waals surface area (Å²) in [6.45, 7) is 1.97. The van der Waals surface area contributed by atoms with Gasteiger partial charge in [0.15, 0.2) is 16.9 Å². The minimum absolute atomic E-state index is 0.576. The van der Waals surface area contributed by atoms with Crippen molar-refractivity contribution in [3.05, 3.63) is 52.7 Å². The molecule has 1 fully saturated rings. The van der Waals surface area contributed by atoms with Crippen LogP contribution in [-0.2, 0) is 17.6 Å². The largest absolute Gasteiger partial charge is 0.355 e. The third-order valence-corrected chi connectivity index (χ3v) is 6.16. The van der Waals surface area contributed by atoms with Crippen molar-refractivity contribution in [3.8, 4) is 0 Å². The van der Waals surface area contributed by atoms with E-state index in [2.05, 4.69) is 29.2 Å². The highest BCUT2D eigenvalue weighted by Crippen LogP contribution is 2.37. The van der Waals surface area contributed by atoms with Crippen LogP contribution in [0.3, 0.4) is 0 Å². The Morgan fingerprint density at radius 3 is 2.76 bits per heavy atom. The molecule has 3 nitrogen and oxygen atoms in total. The van der Waals surface area contributed by atoms with Crippen LogP contribution in [0.2, 0.25) is 5.02 Å². The Morgan fingerprint density at radius 1 is 1.24 bits per heavy atom. The first kappa shape index (κ1) is 13.4. The van der Waals surface area contributed by atoms with Gasteiger partial charge in [-0.15, -0.1) is 0 Å². The molecule has 4 rings (SSSR count). The molecule has 0 amide bonds. The molecule has 1 aromatic carbocycles. The van der Waals surface area contributed by atoms with Crippen LogP contribution in [0.4, 0.5) is 5.82 Å². The van der Waals surface area contributed by atoms with Gasteiger partial charge in [0.25, 0.3) is 0 Å². The maximum absolute atomic E-state index is 9.94. The standard InChI is InChI=1S/C16H16ClN2OS/c17-13-8-15(18-14-6-7-21(20)16(13)14)19-9-12(10-19)11-4-2-1-3-5-11/h1-5,8,12,20H,6-7,9-10H2/q+1. The van der Waals surface area contributed by atoms with Crippen LogP contribution in [-0.4, -0.2) is 28.4 Å². The van der Waals surface area contributed by atoms with Crippen molar-refractivity contribution in [2.24, 2.45) is 0 Å². The van der Waals surface area contributed by atoms with Crippen LogP contribution in [0.15, 0.2) is 41.3 Å². The van der Waals surface area contributed by atoms with E-state index in [0.717, 1.165) is 41.7 Å². The van der Waals surface area contributed by atoms with Crippen molar-refractivity contribution >= 4 is 28.6 Å². The van der Waals surface area contributed by atoms with Gasteiger partial charge in [0.05, 0.1) is 0 Å². The van der Waals surface area contributed by atoms with E-state index in [1.807, 2.05) is 12.1 Å². The first-order valence-electron chi connectivity index (χ1n) is 7.11. The van der Waals surface area contributed by atoms with Gasteiger partial charge in [-0.25, -0.2) is 4.98 Å². The van der Waals surface area contributed by atoms with Gasteiger partial charge in [0, 0.05) is 31.5 Å². The number of hydrogen-bond donors (Lipinski definition) is 1. The van der Waals surface area contributed by atoms with E-state index in [1.54, 1.807) is 0 Å². The monoisotopic (exact) mass is 319 g/mol. The summed E-state index contributed by atoms with van der Waals surface area (Å²) in [5.74, 6) is 2.29. The zero-order valence-electron chi connectivity index (χ0n) is 11.5. The van der Waals surface area contributed by atoms with Crippen LogP contribution in [0, 0.1) is 0 Å². The molecule has 0 radical (unpaired) electrons. The molecule has 2 aliphatic heterocycles. The van der Waals surface area contributed by atoms with E-state index >= 15 is 0 Å². The number of rotatable bonds is 2. The van der Waals surface area contributed by atoms with Gasteiger partial charge in [-0.1, -0.05) is 41.9 Å². The molecule has 1 atom stereocenters. The molecule has 5 heteroatoms. The molecule has 1 unspecified atom stereocenters. The first-order valence-corrected chi connectivity index (χ1v) is 8.84. The van der Waals surface area contributed by atoms with Crippen LogP contribution >= 0.6 is 11.6 Å². The Balaban J connectivity index is 1.54. The quantitative estimate of drug-likeness (QED) is 0.862. The minimum atomic E-state index is -0.714. The Morgan fingerprint density at radius 2 is 2.00 bits per heavy atom. The number of hydrogen-bond acceptors (Lipinski definition) is 3. The fourth-order valence-electron chi connectivity index (χ4n) is 3.02. The van der Waals surface area contributed by atoms with Gasteiger partial charge in [-0.2, -0.15) is 4.55 Å². The van der Waals surface area contributed by atoms with Gasteiger partial charge in [0.2, 0.25) is 4.90 Å². The molecule has 0 bridgehead atoms. The molecule has 2 aromatic rings. The van der Waals surface area contributed by atoms with Crippen LogP contribution in [0.5, 0.6) is 0 Å². The van der Waals surface area contributed by atoms with Crippen molar-refractivity contribution in [1.82, 2.24) is 4.98 Å². The molecule has 1 N–H and O–H groups in total. The average Bonchev–Trinajstić information content (AvgIpc) is 2.80. The predicted molar refractivity (Wildman–Crippen MR) is 87.5 cm³/mol. The third-order valence-electron chi connectivity index (χ3n) is 4.23. The zero-order chi connectivity index (χ0) is 14.4. The van der Waals surface area contributed by atoms with Crippen molar-refractivity contribution in [2.75, 3.05) is 23.7 Å². The molecule has 1 aromatic heterocycles. The number of halogens is 1. The van der Waals surface area contributed by atoms with E-state index in [-0.39, 0.29) is 0 Å². The summed E-state index contributed by atoms with van der Waals surface area (Å²) in [6.07, 6.45) is 0.832. The highest BCUT2D eigenvalue weighted by atomic mass is 35.5. The van der Waals surface area contributed by atoms with Crippen LogP contribution in [0.1, 0.15) is 17.2 Å². The first-order chi connectivity index (χ1) is 10.2. The summed E-state index contributed by atoms with van der Waals surface area (Å²) in [6, 6.07) is 12.5. The number of fused-ring (bicyclic) bond motifs is 1. The summed E-state index contributed by atoms with van der Waals surface area (Å²) in [7, 11) is 0. The number of aryl methyl sites for hydroxylation is 1. The number of anilines is 1. The number of nitrogens with zero attached hydrogens (tertiary/aromatic N) is 2. The molecule has 0 spiro atoms. The fraction of sp³-hybridized carbons (Fsp3) is 0.312. The molecular weight excluding hydrogens is 304 g/mol. The zero-order valence-corrected chi connectivity index (χ0v) is 13.1. The normalized spacial score (nSPS) is 21.2. The van der Waals surface area contributed by atoms with E-state index in [1.165, 1.54) is 5.56 Å². The summed E-state index contributed by atoms with van der Waals surface area (Å²) < 4.78 is 9.94. The van der Waals surface area contributed by atoms with Gasteiger partial charge in [-0.05, 0) is 5.56 Å². The second-order valence-electron chi connectivity index (χ2n) is 5.57. The summed E-state index contributed by atoms with van der Waals surface area (Å²) in [5, 5.41) is 0.668. The SMILES string of the molecule is O[S+]1CCc2nc(N3CC(c4ccccc4)C3)cc(Cl)c21.